The molecule has 29 heavy (non-hydrogen) atoms. The summed E-state index contributed by atoms with van der Waals surface area (Å²) in [6.45, 7) is 0.323. The molecule has 3 aromatic rings. The lowest BCUT2D eigenvalue weighted by Gasteiger charge is -2.19. The van der Waals surface area contributed by atoms with Gasteiger partial charge in [-0.1, -0.05) is 91.0 Å². The molecular weight excluding hydrogens is 366 g/mol. The van der Waals surface area contributed by atoms with Gasteiger partial charge in [0.05, 0.1) is 6.42 Å². The van der Waals surface area contributed by atoms with Gasteiger partial charge >= 0.3 is 12.1 Å². The Morgan fingerprint density at radius 3 is 1.83 bits per heavy atom. The molecule has 0 spiro atoms. The van der Waals surface area contributed by atoms with Crippen molar-refractivity contribution in [1.29, 1.82) is 0 Å². The molecule has 0 aliphatic rings. The lowest BCUT2D eigenvalue weighted by Crippen LogP contribution is -2.27. The maximum absolute atomic E-state index is 12.3. The van der Waals surface area contributed by atoms with Gasteiger partial charge in [-0.2, -0.15) is 0 Å². The van der Waals surface area contributed by atoms with E-state index in [9.17, 15) is 9.59 Å². The maximum Gasteiger partial charge on any atom is 0.407 e. The normalized spacial score (nSPS) is 10.4. The molecule has 148 valence electrons. The predicted molar refractivity (Wildman–Crippen MR) is 110 cm³/mol. The Morgan fingerprint density at radius 1 is 0.759 bits per heavy atom. The van der Waals surface area contributed by atoms with Gasteiger partial charge in [0.2, 0.25) is 0 Å². The van der Waals surface area contributed by atoms with Crippen LogP contribution < -0.4 is 5.32 Å². The third kappa shape index (κ3) is 6.50. The summed E-state index contributed by atoms with van der Waals surface area (Å²) in [7, 11) is 0. The van der Waals surface area contributed by atoms with Crippen LogP contribution in [0.25, 0.3) is 0 Å². The van der Waals surface area contributed by atoms with Crippen molar-refractivity contribution in [2.24, 2.45) is 0 Å². The average Bonchev–Trinajstić information content (AvgIpc) is 2.78. The molecule has 0 heterocycles. The lowest BCUT2D eigenvalue weighted by molar-refractivity contribution is -0.147. The summed E-state index contributed by atoms with van der Waals surface area (Å²) in [4.78, 5) is 24.1. The quantitative estimate of drug-likeness (QED) is 0.570. The molecule has 0 aliphatic heterocycles. The van der Waals surface area contributed by atoms with Gasteiger partial charge in [-0.25, -0.2) is 4.79 Å². The highest BCUT2D eigenvalue weighted by Crippen LogP contribution is 2.26. The smallest absolute Gasteiger partial charge is 0.407 e. The van der Waals surface area contributed by atoms with Crippen LogP contribution in [-0.4, -0.2) is 18.6 Å². The highest BCUT2D eigenvalue weighted by Gasteiger charge is 2.18. The molecule has 0 radical (unpaired) electrons. The molecule has 0 fully saturated rings. The van der Waals surface area contributed by atoms with Crippen LogP contribution in [0.4, 0.5) is 4.79 Å². The van der Waals surface area contributed by atoms with Crippen molar-refractivity contribution in [3.05, 3.63) is 108 Å². The van der Waals surface area contributed by atoms with Crippen LogP contribution >= 0.6 is 0 Å². The third-order valence-corrected chi connectivity index (χ3v) is 4.27. The van der Waals surface area contributed by atoms with Crippen molar-refractivity contribution < 1.29 is 19.1 Å². The van der Waals surface area contributed by atoms with Crippen molar-refractivity contribution >= 4 is 12.1 Å². The predicted octanol–water partition coefficient (Wildman–Crippen LogP) is 4.64. The minimum Gasteiger partial charge on any atom is -0.452 e. The Morgan fingerprint density at radius 2 is 1.28 bits per heavy atom. The highest BCUT2D eigenvalue weighted by atomic mass is 16.6. The number of rotatable bonds is 8. The SMILES string of the molecule is O=C(CCNC(=O)OCc1ccccc1)OC(c1ccccc1)c1ccccc1. The van der Waals surface area contributed by atoms with E-state index in [0.717, 1.165) is 16.7 Å². The van der Waals surface area contributed by atoms with Crippen LogP contribution in [0.15, 0.2) is 91.0 Å². The van der Waals surface area contributed by atoms with Crippen LogP contribution in [-0.2, 0) is 20.9 Å². The number of esters is 1. The molecule has 0 bridgehead atoms. The summed E-state index contributed by atoms with van der Waals surface area (Å²) in [5.74, 6) is -0.397. The van der Waals surface area contributed by atoms with Gasteiger partial charge in [0.1, 0.15) is 6.61 Å². The van der Waals surface area contributed by atoms with Crippen LogP contribution in [0.5, 0.6) is 0 Å². The highest BCUT2D eigenvalue weighted by molar-refractivity contribution is 5.72. The number of carbonyl (C=O) groups is 2. The summed E-state index contributed by atoms with van der Waals surface area (Å²) in [6, 6.07) is 28.5. The standard InChI is InChI=1S/C24H23NO4/c26-22(16-17-25-24(27)28-18-19-10-4-1-5-11-19)29-23(20-12-6-2-7-13-20)21-14-8-3-9-15-21/h1-15,23H,16-18H2,(H,25,27). The van der Waals surface area contributed by atoms with Crippen LogP contribution in [0.1, 0.15) is 29.2 Å². The van der Waals surface area contributed by atoms with Gasteiger partial charge in [0.25, 0.3) is 0 Å². The van der Waals surface area contributed by atoms with E-state index < -0.39 is 18.2 Å². The largest absolute Gasteiger partial charge is 0.452 e. The molecule has 0 saturated heterocycles. The number of amides is 1. The number of alkyl carbamates (subject to hydrolysis) is 1. The second kappa shape index (κ2) is 10.7. The number of benzene rings is 3. The van der Waals surface area contributed by atoms with Gasteiger partial charge in [-0.05, 0) is 16.7 Å². The van der Waals surface area contributed by atoms with Gasteiger partial charge < -0.3 is 14.8 Å². The average molecular weight is 389 g/mol. The fourth-order valence-electron chi connectivity index (χ4n) is 2.82. The Kier molecular flexibility index (Phi) is 7.41. The second-order valence-electron chi connectivity index (χ2n) is 6.43. The van der Waals surface area contributed by atoms with E-state index in [1.807, 2.05) is 91.0 Å². The molecular formula is C24H23NO4. The van der Waals surface area contributed by atoms with Crippen molar-refractivity contribution in [3.8, 4) is 0 Å². The Labute approximate surface area is 170 Å². The summed E-state index contributed by atoms with van der Waals surface area (Å²) in [5.41, 5.74) is 2.68. The van der Waals surface area contributed by atoms with Gasteiger partial charge in [-0.3, -0.25) is 4.79 Å². The first-order valence-corrected chi connectivity index (χ1v) is 9.46. The molecule has 5 nitrogen and oxygen atoms in total. The molecule has 5 heteroatoms. The van der Waals surface area contributed by atoms with Crippen molar-refractivity contribution in [1.82, 2.24) is 5.32 Å². The fraction of sp³-hybridized carbons (Fsp3) is 0.167. The van der Waals surface area contributed by atoms with Crippen LogP contribution in [0.2, 0.25) is 0 Å². The van der Waals surface area contributed by atoms with E-state index in [1.165, 1.54) is 0 Å². The number of ether oxygens (including phenoxy) is 2. The lowest BCUT2D eigenvalue weighted by atomic mass is 10.0. The van der Waals surface area contributed by atoms with E-state index in [1.54, 1.807) is 0 Å². The first-order valence-electron chi connectivity index (χ1n) is 9.46. The van der Waals surface area contributed by atoms with E-state index in [4.69, 9.17) is 9.47 Å². The minimum atomic E-state index is -0.565. The maximum atomic E-state index is 12.3. The first-order chi connectivity index (χ1) is 14.2. The van der Waals surface area contributed by atoms with Gasteiger partial charge in [-0.15, -0.1) is 0 Å². The van der Waals surface area contributed by atoms with E-state index in [0.29, 0.717) is 0 Å². The van der Waals surface area contributed by atoms with Gasteiger partial charge in [0, 0.05) is 6.54 Å². The van der Waals surface area contributed by atoms with Crippen molar-refractivity contribution in [3.63, 3.8) is 0 Å². The topological polar surface area (TPSA) is 64.6 Å². The monoisotopic (exact) mass is 389 g/mol. The molecule has 0 aromatic heterocycles. The Bertz CT molecular complexity index is 858. The molecule has 3 rings (SSSR count). The van der Waals surface area contributed by atoms with E-state index >= 15 is 0 Å². The molecule has 0 atom stereocenters. The van der Waals surface area contributed by atoms with Crippen molar-refractivity contribution in [2.75, 3.05) is 6.54 Å². The minimum absolute atomic E-state index is 0.0522. The molecule has 1 amide bonds. The molecule has 0 saturated carbocycles. The zero-order chi connectivity index (χ0) is 20.3. The Balaban J connectivity index is 1.48. The number of carbonyl (C=O) groups excluding carboxylic acids is 2. The Hall–Kier alpha value is -3.60. The van der Waals surface area contributed by atoms with Crippen LogP contribution in [0, 0.1) is 0 Å². The number of hydrogen-bond acceptors (Lipinski definition) is 4. The van der Waals surface area contributed by atoms with E-state index in [-0.39, 0.29) is 19.6 Å². The van der Waals surface area contributed by atoms with Crippen LogP contribution in [0.3, 0.4) is 0 Å². The molecule has 0 unspecified atom stereocenters. The second-order valence-corrected chi connectivity index (χ2v) is 6.43. The summed E-state index contributed by atoms with van der Waals surface area (Å²) in [5, 5.41) is 2.57. The summed E-state index contributed by atoms with van der Waals surface area (Å²) in [6.07, 6.45) is -1.00. The van der Waals surface area contributed by atoms with Crippen molar-refractivity contribution in [2.45, 2.75) is 19.1 Å². The zero-order valence-electron chi connectivity index (χ0n) is 16.0. The first kappa shape index (κ1) is 20.1. The fourth-order valence-corrected chi connectivity index (χ4v) is 2.82. The zero-order valence-corrected chi connectivity index (χ0v) is 16.0. The number of hydrogen-bond donors (Lipinski definition) is 1. The summed E-state index contributed by atoms with van der Waals surface area (Å²) >= 11 is 0. The summed E-state index contributed by atoms with van der Waals surface area (Å²) < 4.78 is 10.8. The third-order valence-electron chi connectivity index (χ3n) is 4.27. The molecule has 1 N–H and O–H groups in total. The molecule has 0 aliphatic carbocycles. The number of nitrogens with one attached hydrogen (secondary N) is 1. The molecule has 3 aromatic carbocycles. The van der Waals surface area contributed by atoms with E-state index in [2.05, 4.69) is 5.32 Å². The van der Waals surface area contributed by atoms with Gasteiger partial charge in [0.15, 0.2) is 6.10 Å².